The third-order valence-electron chi connectivity index (χ3n) is 6.11. The number of benzene rings is 1. The molecule has 5 heteroatoms. The van der Waals surface area contributed by atoms with Crippen LogP contribution in [0.3, 0.4) is 0 Å². The first-order valence-electron chi connectivity index (χ1n) is 12.0. The van der Waals surface area contributed by atoms with E-state index in [2.05, 4.69) is 42.4 Å². The van der Waals surface area contributed by atoms with E-state index < -0.39 is 0 Å². The molecule has 2 aliphatic heterocycles. The molecule has 0 bridgehead atoms. The molecule has 2 atom stereocenters. The van der Waals surface area contributed by atoms with Gasteiger partial charge in [0, 0.05) is 6.42 Å². The first kappa shape index (κ1) is 24.3. The Kier molecular flexibility index (Phi) is 9.57. The van der Waals surface area contributed by atoms with Crippen molar-refractivity contribution in [1.82, 2.24) is 5.32 Å². The van der Waals surface area contributed by atoms with E-state index in [1.807, 2.05) is 25.4 Å². The fourth-order valence-corrected chi connectivity index (χ4v) is 3.97. The van der Waals surface area contributed by atoms with E-state index in [1.165, 1.54) is 24.9 Å². The Morgan fingerprint density at radius 2 is 2.22 bits per heavy atom. The standard InChI is InChI=1S/C27H38N2O3/c1-4-5-6-24-10-11-25(32-24)9-7-21-8-12-26(30)27(17-21)31-16-14-23-18-22(19-29-23)20(2)13-15-28-3/h8,10-12,17-20,24,28,32H,4-7,9,13-16H2,1-3H3/p+1. The fraction of sp³-hybridized carbons (Fsp3) is 0.519. The van der Waals surface area contributed by atoms with Crippen molar-refractivity contribution in [2.24, 2.45) is 10.9 Å². The highest BCUT2D eigenvalue weighted by molar-refractivity contribution is 5.82. The summed E-state index contributed by atoms with van der Waals surface area (Å²) >= 11 is 0. The molecule has 1 aromatic rings. The first-order chi connectivity index (χ1) is 15.6. The van der Waals surface area contributed by atoms with Crippen LogP contribution in [0, 0.1) is 17.9 Å². The second kappa shape index (κ2) is 12.6. The van der Waals surface area contributed by atoms with Gasteiger partial charge in [-0.3, -0.25) is 0 Å². The van der Waals surface area contributed by atoms with Crippen LogP contribution in [0.1, 0.15) is 57.9 Å². The highest BCUT2D eigenvalue weighted by Gasteiger charge is 2.27. The lowest BCUT2D eigenvalue weighted by molar-refractivity contribution is -0.0480. The van der Waals surface area contributed by atoms with Crippen molar-refractivity contribution >= 4 is 6.21 Å². The number of aliphatic hydroxyl groups is 2. The van der Waals surface area contributed by atoms with Crippen LogP contribution in [0.15, 0.2) is 47.1 Å². The molecular weight excluding hydrogens is 400 g/mol. The average molecular weight is 440 g/mol. The van der Waals surface area contributed by atoms with E-state index in [-0.39, 0.29) is 5.75 Å². The van der Waals surface area contributed by atoms with Gasteiger partial charge in [-0.15, -0.1) is 17.1 Å². The van der Waals surface area contributed by atoms with Crippen molar-refractivity contribution < 1.29 is 14.6 Å². The highest BCUT2D eigenvalue weighted by atomic mass is 16.5. The molecule has 0 aliphatic carbocycles. The second-order valence-electron chi connectivity index (χ2n) is 8.78. The predicted octanol–water partition coefficient (Wildman–Crippen LogP) is 5.07. The van der Waals surface area contributed by atoms with E-state index >= 15 is 0 Å². The largest absolute Gasteiger partial charge is 0.504 e. The number of aromatic hydroxyl groups is 1. The van der Waals surface area contributed by atoms with Gasteiger partial charge in [0.05, 0.1) is 18.4 Å². The van der Waals surface area contributed by atoms with Crippen molar-refractivity contribution in [3.63, 3.8) is 0 Å². The molecule has 3 N–H and O–H groups in total. The van der Waals surface area contributed by atoms with Crippen molar-refractivity contribution in [2.75, 3.05) is 20.2 Å². The number of hydrogen-bond acceptors (Lipinski definition) is 4. The minimum atomic E-state index is 0.184. The summed E-state index contributed by atoms with van der Waals surface area (Å²) in [5, 5.41) is 13.4. The lowest BCUT2D eigenvalue weighted by atomic mass is 9.92. The molecule has 0 radical (unpaired) electrons. The van der Waals surface area contributed by atoms with Gasteiger partial charge in [0.2, 0.25) is 0 Å². The van der Waals surface area contributed by atoms with Gasteiger partial charge in [-0.25, -0.2) is 0 Å². The topological polar surface area (TPSA) is 66.7 Å². The van der Waals surface area contributed by atoms with Crippen molar-refractivity contribution in [1.29, 1.82) is 0 Å². The van der Waals surface area contributed by atoms with Crippen LogP contribution in [-0.4, -0.2) is 42.4 Å². The SMILES string of the molecule is CCCCC1C=C[C-](CCc2ccc(O)c(OCCC3=C[C+](C(C)CCNC)C=N3)c2)[OH+]1. The highest BCUT2D eigenvalue weighted by Crippen LogP contribution is 2.30. The molecule has 174 valence electrons. The van der Waals surface area contributed by atoms with E-state index in [4.69, 9.17) is 9.47 Å². The van der Waals surface area contributed by atoms with Crippen LogP contribution in [0.4, 0.5) is 0 Å². The smallest absolute Gasteiger partial charge is 0.178 e. The minimum absolute atomic E-state index is 0.184. The zero-order chi connectivity index (χ0) is 22.8. The summed E-state index contributed by atoms with van der Waals surface area (Å²) in [5.41, 5.74) is 2.19. The molecule has 2 aliphatic rings. The van der Waals surface area contributed by atoms with Crippen LogP contribution in [0.5, 0.6) is 11.5 Å². The van der Waals surface area contributed by atoms with Crippen LogP contribution >= 0.6 is 0 Å². The molecule has 0 fully saturated rings. The Hall–Kier alpha value is -2.37. The number of nitrogens with zero attached hydrogens (tertiary/aromatic N) is 1. The normalized spacial score (nSPS) is 18.5. The number of nitrogens with one attached hydrogen (secondary N) is 1. The summed E-state index contributed by atoms with van der Waals surface area (Å²) < 4.78 is 10.7. The molecule has 3 rings (SSSR count). The Balaban J connectivity index is 1.42. The monoisotopic (exact) mass is 439 g/mol. The van der Waals surface area contributed by atoms with Gasteiger partial charge in [-0.05, 0) is 63.9 Å². The van der Waals surface area contributed by atoms with Crippen molar-refractivity contribution in [3.8, 4) is 11.5 Å². The fourth-order valence-electron chi connectivity index (χ4n) is 3.97. The third-order valence-corrected chi connectivity index (χ3v) is 6.11. The molecule has 32 heavy (non-hydrogen) atoms. The summed E-state index contributed by atoms with van der Waals surface area (Å²) in [4.78, 5) is 4.53. The lowest BCUT2D eigenvalue weighted by Gasteiger charge is -2.17. The van der Waals surface area contributed by atoms with Gasteiger partial charge in [0.25, 0.3) is 0 Å². The number of phenolic OH excluding ortho intramolecular Hbond substituents is 1. The van der Waals surface area contributed by atoms with Gasteiger partial charge < -0.3 is 19.9 Å². The molecule has 2 heterocycles. The lowest BCUT2D eigenvalue weighted by Crippen LogP contribution is -2.15. The van der Waals surface area contributed by atoms with Gasteiger partial charge in [-0.1, -0.05) is 19.4 Å². The molecule has 0 saturated heterocycles. The number of unbranched alkanes of at least 4 members (excludes halogenated alkanes) is 1. The molecule has 5 nitrogen and oxygen atoms in total. The molecule has 0 saturated carbocycles. The predicted molar refractivity (Wildman–Crippen MR) is 132 cm³/mol. The zero-order valence-electron chi connectivity index (χ0n) is 19.8. The number of ether oxygens (including phenoxy) is 2. The van der Waals surface area contributed by atoms with Gasteiger partial charge in [0.1, 0.15) is 30.9 Å². The van der Waals surface area contributed by atoms with E-state index in [9.17, 15) is 5.11 Å². The van der Waals surface area contributed by atoms with Crippen LogP contribution in [0.25, 0.3) is 0 Å². The third kappa shape index (κ3) is 7.35. The molecule has 1 aromatic carbocycles. The number of hydrogen-bond donors (Lipinski definition) is 2. The maximum Gasteiger partial charge on any atom is 0.178 e. The Morgan fingerprint density at radius 1 is 1.34 bits per heavy atom. The van der Waals surface area contributed by atoms with E-state index in [0.29, 0.717) is 24.4 Å². The van der Waals surface area contributed by atoms with Gasteiger partial charge in [0.15, 0.2) is 17.2 Å². The summed E-state index contributed by atoms with van der Waals surface area (Å²) in [7, 11) is 1.98. The maximum atomic E-state index is 10.2. The first-order valence-corrected chi connectivity index (χ1v) is 12.0. The minimum Gasteiger partial charge on any atom is -0.504 e. The summed E-state index contributed by atoms with van der Waals surface area (Å²) in [5.74, 6) is 2.50. The summed E-state index contributed by atoms with van der Waals surface area (Å²) in [6.07, 6.45) is 17.3. The van der Waals surface area contributed by atoms with E-state index in [0.717, 1.165) is 49.9 Å². The zero-order valence-corrected chi connectivity index (χ0v) is 19.8. The summed E-state index contributed by atoms with van der Waals surface area (Å²) in [6, 6.07) is 5.64. The number of aryl methyl sites for hydroxylation is 1. The Morgan fingerprint density at radius 3 is 3.03 bits per heavy atom. The van der Waals surface area contributed by atoms with Crippen LogP contribution in [-0.2, 0) is 6.42 Å². The van der Waals surface area contributed by atoms with Crippen molar-refractivity contribution in [3.05, 3.63) is 59.7 Å². The number of aliphatic imine (C=N–C) groups is 1. The maximum absolute atomic E-state index is 10.2. The Bertz CT molecular complexity index is 802. The van der Waals surface area contributed by atoms with E-state index in [1.54, 1.807) is 6.07 Å². The molecule has 0 spiro atoms. The number of rotatable bonds is 14. The van der Waals surface area contributed by atoms with Crippen LogP contribution < -0.4 is 10.1 Å². The van der Waals surface area contributed by atoms with Gasteiger partial charge >= 0.3 is 0 Å². The molecular formula is C27H39N2O3+. The molecule has 0 aromatic heterocycles. The van der Waals surface area contributed by atoms with Crippen LogP contribution in [0.2, 0.25) is 0 Å². The number of phenols is 1. The van der Waals surface area contributed by atoms with Gasteiger partial charge in [-0.2, -0.15) is 0 Å². The molecule has 2 unspecified atom stereocenters. The average Bonchev–Trinajstić information content (AvgIpc) is 3.46. The second-order valence-corrected chi connectivity index (χ2v) is 8.78. The Labute approximate surface area is 193 Å². The molecule has 0 amide bonds. The number of allylic oxidation sites excluding steroid dienone is 1. The summed E-state index contributed by atoms with van der Waals surface area (Å²) in [6.45, 7) is 5.95. The van der Waals surface area contributed by atoms with Crippen molar-refractivity contribution in [2.45, 2.75) is 64.9 Å². The quantitative estimate of drug-likeness (QED) is 0.314.